The Morgan fingerprint density at radius 3 is 2.40 bits per heavy atom. The van der Waals surface area contributed by atoms with Crippen molar-refractivity contribution in [2.24, 2.45) is 11.8 Å². The van der Waals surface area contributed by atoms with E-state index in [9.17, 15) is 18.0 Å². The van der Waals surface area contributed by atoms with Crippen LogP contribution in [0, 0.1) is 11.8 Å². The van der Waals surface area contributed by atoms with Crippen molar-refractivity contribution >= 4 is 5.91 Å². The molecule has 1 N–H and O–H groups in total. The molecule has 0 aromatic rings. The van der Waals surface area contributed by atoms with E-state index in [1.165, 1.54) is 0 Å². The van der Waals surface area contributed by atoms with Gasteiger partial charge in [-0.05, 0) is 38.5 Å². The summed E-state index contributed by atoms with van der Waals surface area (Å²) in [4.78, 5) is 14.2. The first-order valence-corrected chi connectivity index (χ1v) is 7.39. The highest BCUT2D eigenvalue weighted by Crippen LogP contribution is 2.32. The molecule has 2 aliphatic heterocycles. The van der Waals surface area contributed by atoms with Gasteiger partial charge >= 0.3 is 6.18 Å². The predicted octanol–water partition coefficient (Wildman–Crippen LogP) is 2.56. The number of nitrogens with zero attached hydrogens (tertiary/aromatic N) is 1. The lowest BCUT2D eigenvalue weighted by molar-refractivity contribution is -0.181. The van der Waals surface area contributed by atoms with Gasteiger partial charge < -0.3 is 10.2 Å². The van der Waals surface area contributed by atoms with E-state index in [1.807, 2.05) is 11.8 Å². The normalized spacial score (nSPS) is 36.0. The highest BCUT2D eigenvalue weighted by molar-refractivity contribution is 5.82. The number of halogens is 3. The molecule has 0 spiro atoms. The first kappa shape index (κ1) is 15.6. The maximum Gasteiger partial charge on any atom is 0.393 e. The van der Waals surface area contributed by atoms with Crippen molar-refractivity contribution < 1.29 is 18.0 Å². The highest BCUT2D eigenvalue weighted by atomic mass is 19.4. The van der Waals surface area contributed by atoms with Crippen molar-refractivity contribution in [3.05, 3.63) is 0 Å². The number of nitrogens with one attached hydrogen (secondary N) is 1. The molecular formula is C14H23F3N2O. The number of amides is 1. The molecule has 1 amide bonds. The topological polar surface area (TPSA) is 32.3 Å². The molecule has 20 heavy (non-hydrogen) atoms. The van der Waals surface area contributed by atoms with Crippen molar-refractivity contribution in [2.45, 2.75) is 57.8 Å². The number of hydrogen-bond donors (Lipinski definition) is 1. The molecule has 0 aromatic heterocycles. The third kappa shape index (κ3) is 3.45. The van der Waals surface area contributed by atoms with Crippen LogP contribution in [0.15, 0.2) is 0 Å². The average Bonchev–Trinajstić information content (AvgIpc) is 2.37. The molecule has 6 heteroatoms. The zero-order valence-corrected chi connectivity index (χ0v) is 12.0. The fourth-order valence-corrected chi connectivity index (χ4v) is 3.28. The summed E-state index contributed by atoms with van der Waals surface area (Å²) in [5.41, 5.74) is 0. The van der Waals surface area contributed by atoms with Crippen LogP contribution in [-0.4, -0.2) is 42.2 Å². The number of piperidine rings is 2. The lowest BCUT2D eigenvalue weighted by atomic mass is 9.90. The van der Waals surface area contributed by atoms with Crippen LogP contribution in [0.1, 0.15) is 39.5 Å². The molecule has 2 heterocycles. The molecule has 0 bridgehead atoms. The molecule has 4 atom stereocenters. The average molecular weight is 292 g/mol. The third-order valence-corrected chi connectivity index (χ3v) is 4.60. The van der Waals surface area contributed by atoms with Crippen LogP contribution < -0.4 is 5.32 Å². The summed E-state index contributed by atoms with van der Waals surface area (Å²) >= 11 is 0. The molecule has 116 valence electrons. The number of hydrogen-bond acceptors (Lipinski definition) is 2. The van der Waals surface area contributed by atoms with Gasteiger partial charge in [-0.15, -0.1) is 0 Å². The second kappa shape index (κ2) is 5.92. The van der Waals surface area contributed by atoms with Gasteiger partial charge in [-0.3, -0.25) is 4.79 Å². The number of carbonyl (C=O) groups is 1. The zero-order chi connectivity index (χ0) is 14.9. The lowest BCUT2D eigenvalue weighted by Crippen LogP contribution is -2.55. The van der Waals surface area contributed by atoms with Crippen molar-refractivity contribution in [1.29, 1.82) is 0 Å². The number of carbonyl (C=O) groups excluding carboxylic acids is 1. The maximum atomic E-state index is 12.6. The van der Waals surface area contributed by atoms with E-state index in [2.05, 4.69) is 12.2 Å². The quantitative estimate of drug-likeness (QED) is 0.805. The van der Waals surface area contributed by atoms with Crippen LogP contribution in [-0.2, 0) is 4.79 Å². The third-order valence-electron chi connectivity index (χ3n) is 4.60. The molecule has 2 rings (SSSR count). The minimum absolute atomic E-state index is 0.0231. The Bertz CT molecular complexity index is 351. The molecule has 2 saturated heterocycles. The molecule has 3 nitrogen and oxygen atoms in total. The summed E-state index contributed by atoms with van der Waals surface area (Å²) in [6.45, 7) is 4.78. The van der Waals surface area contributed by atoms with Gasteiger partial charge in [-0.1, -0.05) is 6.92 Å². The number of alkyl halides is 3. The molecule has 2 aliphatic rings. The van der Waals surface area contributed by atoms with Crippen LogP contribution in [0.25, 0.3) is 0 Å². The number of likely N-dealkylation sites (tertiary alicyclic amines) is 1. The lowest BCUT2D eigenvalue weighted by Gasteiger charge is -2.40. The van der Waals surface area contributed by atoms with Crippen LogP contribution in [0.3, 0.4) is 0 Å². The van der Waals surface area contributed by atoms with Crippen molar-refractivity contribution in [2.75, 3.05) is 13.1 Å². The van der Waals surface area contributed by atoms with E-state index in [1.54, 1.807) is 0 Å². The van der Waals surface area contributed by atoms with Crippen molar-refractivity contribution in [1.82, 2.24) is 10.2 Å². The Hall–Kier alpha value is -0.780. The summed E-state index contributed by atoms with van der Waals surface area (Å²) in [5, 5.41) is 2.79. The molecule has 2 fully saturated rings. The smallest absolute Gasteiger partial charge is 0.339 e. The zero-order valence-electron chi connectivity index (χ0n) is 12.0. The SMILES string of the molecule is CC1CCN(C(=O)C2CCC(C(F)(F)F)CN2)C(C)C1. The molecule has 0 aliphatic carbocycles. The monoisotopic (exact) mass is 292 g/mol. The fraction of sp³-hybridized carbons (Fsp3) is 0.929. The van der Waals surface area contributed by atoms with Crippen molar-refractivity contribution in [3.8, 4) is 0 Å². The second-order valence-electron chi connectivity index (χ2n) is 6.29. The minimum atomic E-state index is -4.16. The Balaban J connectivity index is 1.89. The van der Waals surface area contributed by atoms with Gasteiger partial charge in [0.15, 0.2) is 0 Å². The van der Waals surface area contributed by atoms with E-state index >= 15 is 0 Å². The summed E-state index contributed by atoms with van der Waals surface area (Å²) < 4.78 is 37.8. The molecule has 4 unspecified atom stereocenters. The van der Waals surface area contributed by atoms with E-state index < -0.39 is 18.1 Å². The van der Waals surface area contributed by atoms with E-state index in [0.29, 0.717) is 5.92 Å². The fourth-order valence-electron chi connectivity index (χ4n) is 3.28. The maximum absolute atomic E-state index is 12.6. The van der Waals surface area contributed by atoms with E-state index in [0.717, 1.165) is 19.4 Å². The van der Waals surface area contributed by atoms with Gasteiger partial charge in [0.25, 0.3) is 0 Å². The second-order valence-corrected chi connectivity index (χ2v) is 6.29. The van der Waals surface area contributed by atoms with Crippen molar-refractivity contribution in [3.63, 3.8) is 0 Å². The summed E-state index contributed by atoms with van der Waals surface area (Å²) in [7, 11) is 0. The van der Waals surface area contributed by atoms with Crippen LogP contribution >= 0.6 is 0 Å². The summed E-state index contributed by atoms with van der Waals surface area (Å²) in [5.74, 6) is -0.724. The van der Waals surface area contributed by atoms with Gasteiger partial charge in [0.1, 0.15) is 0 Å². The molecule has 0 saturated carbocycles. The van der Waals surface area contributed by atoms with Gasteiger partial charge in [-0.2, -0.15) is 13.2 Å². The predicted molar refractivity (Wildman–Crippen MR) is 70.1 cm³/mol. The first-order chi connectivity index (χ1) is 9.29. The minimum Gasteiger partial charge on any atom is -0.339 e. The van der Waals surface area contributed by atoms with Gasteiger partial charge in [0.05, 0.1) is 12.0 Å². The Morgan fingerprint density at radius 1 is 1.20 bits per heavy atom. The van der Waals surface area contributed by atoms with Crippen LogP contribution in [0.5, 0.6) is 0 Å². The molecule has 0 radical (unpaired) electrons. The summed E-state index contributed by atoms with van der Waals surface area (Å²) in [6.07, 6.45) is -1.88. The Morgan fingerprint density at radius 2 is 1.90 bits per heavy atom. The van der Waals surface area contributed by atoms with Gasteiger partial charge in [0, 0.05) is 19.1 Å². The van der Waals surface area contributed by atoms with E-state index in [-0.39, 0.29) is 31.3 Å². The van der Waals surface area contributed by atoms with E-state index in [4.69, 9.17) is 0 Å². The highest BCUT2D eigenvalue weighted by Gasteiger charge is 2.43. The molecular weight excluding hydrogens is 269 g/mol. The Labute approximate surface area is 117 Å². The Kier molecular flexibility index (Phi) is 4.62. The number of rotatable bonds is 1. The van der Waals surface area contributed by atoms with Gasteiger partial charge in [-0.25, -0.2) is 0 Å². The molecule has 0 aromatic carbocycles. The van der Waals surface area contributed by atoms with Crippen LogP contribution in [0.4, 0.5) is 13.2 Å². The van der Waals surface area contributed by atoms with Gasteiger partial charge in [0.2, 0.25) is 5.91 Å². The standard InChI is InChI=1S/C14H23F3N2O/c1-9-5-6-19(10(2)7-9)13(20)12-4-3-11(8-18-12)14(15,16)17/h9-12,18H,3-8H2,1-2H3. The van der Waals surface area contributed by atoms with Crippen LogP contribution in [0.2, 0.25) is 0 Å². The first-order valence-electron chi connectivity index (χ1n) is 7.39. The largest absolute Gasteiger partial charge is 0.393 e. The summed E-state index contributed by atoms with van der Waals surface area (Å²) in [6, 6.07) is -0.252.